The molecule has 2 aliphatic rings. The SMILES string of the molecule is CC(C)(C)C1CCC(Oc2ccc3cc(CN4CCCCC4OC(=O)O)ccc3c2)CC1. The molecule has 1 aliphatic carbocycles. The van der Waals surface area contributed by atoms with E-state index in [1.807, 2.05) is 0 Å². The number of fused-ring (bicyclic) bond motifs is 1. The average molecular weight is 440 g/mol. The lowest BCUT2D eigenvalue weighted by Crippen LogP contribution is -2.41. The zero-order valence-electron chi connectivity index (χ0n) is 19.7. The summed E-state index contributed by atoms with van der Waals surface area (Å²) in [5.41, 5.74) is 1.56. The van der Waals surface area contributed by atoms with Crippen LogP contribution in [0, 0.1) is 11.3 Å². The molecule has 1 saturated heterocycles. The summed E-state index contributed by atoms with van der Waals surface area (Å²) in [5, 5.41) is 11.4. The number of hydrogen-bond donors (Lipinski definition) is 1. The molecule has 2 aromatic rings. The molecule has 1 unspecified atom stereocenters. The summed E-state index contributed by atoms with van der Waals surface area (Å²) in [6.07, 6.45) is 6.37. The van der Waals surface area contributed by atoms with Crippen LogP contribution in [0.25, 0.3) is 10.8 Å². The van der Waals surface area contributed by atoms with E-state index in [4.69, 9.17) is 14.6 Å². The summed E-state index contributed by atoms with van der Waals surface area (Å²) < 4.78 is 11.4. The van der Waals surface area contributed by atoms with Gasteiger partial charge in [-0.25, -0.2) is 4.79 Å². The molecule has 0 spiro atoms. The van der Waals surface area contributed by atoms with Crippen molar-refractivity contribution in [3.8, 4) is 5.75 Å². The molecule has 4 rings (SSSR count). The predicted octanol–water partition coefficient (Wildman–Crippen LogP) is 6.83. The molecule has 0 aromatic heterocycles. The van der Waals surface area contributed by atoms with E-state index in [0.717, 1.165) is 50.3 Å². The Morgan fingerprint density at radius 2 is 1.72 bits per heavy atom. The Morgan fingerprint density at radius 1 is 1.00 bits per heavy atom. The van der Waals surface area contributed by atoms with Crippen molar-refractivity contribution in [2.24, 2.45) is 11.3 Å². The Morgan fingerprint density at radius 3 is 2.44 bits per heavy atom. The highest BCUT2D eigenvalue weighted by Gasteiger charge is 2.30. The number of carboxylic acid groups (broad SMARTS) is 1. The minimum atomic E-state index is -1.19. The lowest BCUT2D eigenvalue weighted by Gasteiger charge is -2.37. The molecule has 1 atom stereocenters. The van der Waals surface area contributed by atoms with Gasteiger partial charge in [0.1, 0.15) is 5.75 Å². The fraction of sp³-hybridized carbons (Fsp3) is 0.593. The third kappa shape index (κ3) is 5.74. The molecule has 174 valence electrons. The Balaban J connectivity index is 1.39. The van der Waals surface area contributed by atoms with E-state index in [0.29, 0.717) is 18.1 Å². The maximum absolute atomic E-state index is 11.0. The van der Waals surface area contributed by atoms with Gasteiger partial charge in [-0.05, 0) is 90.8 Å². The topological polar surface area (TPSA) is 59.0 Å². The molecule has 5 nitrogen and oxygen atoms in total. The fourth-order valence-corrected chi connectivity index (χ4v) is 5.31. The van der Waals surface area contributed by atoms with Crippen molar-refractivity contribution in [3.63, 3.8) is 0 Å². The highest BCUT2D eigenvalue weighted by atomic mass is 16.7. The molecule has 1 heterocycles. The number of piperidine rings is 1. The quantitative estimate of drug-likeness (QED) is 0.517. The Bertz CT molecular complexity index is 927. The van der Waals surface area contributed by atoms with Crippen LogP contribution in [-0.2, 0) is 11.3 Å². The second kappa shape index (κ2) is 9.70. The predicted molar refractivity (Wildman–Crippen MR) is 127 cm³/mol. The van der Waals surface area contributed by atoms with Crippen LogP contribution in [0.3, 0.4) is 0 Å². The fourth-order valence-electron chi connectivity index (χ4n) is 5.31. The van der Waals surface area contributed by atoms with E-state index < -0.39 is 6.16 Å². The molecule has 0 amide bonds. The van der Waals surface area contributed by atoms with Crippen molar-refractivity contribution in [1.82, 2.24) is 4.90 Å². The number of hydrogen-bond acceptors (Lipinski definition) is 4. The molecule has 2 aromatic carbocycles. The van der Waals surface area contributed by atoms with E-state index >= 15 is 0 Å². The van der Waals surface area contributed by atoms with E-state index in [-0.39, 0.29) is 6.23 Å². The summed E-state index contributed by atoms with van der Waals surface area (Å²) in [6.45, 7) is 8.60. The maximum atomic E-state index is 11.0. The van der Waals surface area contributed by atoms with Crippen molar-refractivity contribution >= 4 is 16.9 Å². The second-order valence-corrected chi connectivity index (χ2v) is 10.6. The minimum absolute atomic E-state index is 0.315. The highest BCUT2D eigenvalue weighted by molar-refractivity contribution is 5.84. The third-order valence-corrected chi connectivity index (χ3v) is 7.25. The van der Waals surface area contributed by atoms with Crippen molar-refractivity contribution in [2.75, 3.05) is 6.54 Å². The summed E-state index contributed by atoms with van der Waals surface area (Å²) in [7, 11) is 0. The summed E-state index contributed by atoms with van der Waals surface area (Å²) in [6, 6.07) is 12.8. The zero-order chi connectivity index (χ0) is 22.7. The Kier molecular flexibility index (Phi) is 6.94. The van der Waals surface area contributed by atoms with Crippen LogP contribution in [0.2, 0.25) is 0 Å². The smallest absolute Gasteiger partial charge is 0.490 e. The van der Waals surface area contributed by atoms with Crippen molar-refractivity contribution in [2.45, 2.75) is 84.6 Å². The number of rotatable bonds is 5. The van der Waals surface area contributed by atoms with Crippen LogP contribution in [0.5, 0.6) is 5.75 Å². The van der Waals surface area contributed by atoms with E-state index in [1.165, 1.54) is 29.2 Å². The van der Waals surface area contributed by atoms with Gasteiger partial charge in [-0.1, -0.05) is 39.0 Å². The van der Waals surface area contributed by atoms with Gasteiger partial charge in [0, 0.05) is 13.1 Å². The van der Waals surface area contributed by atoms with Gasteiger partial charge in [-0.2, -0.15) is 0 Å². The van der Waals surface area contributed by atoms with Gasteiger partial charge in [-0.15, -0.1) is 0 Å². The summed E-state index contributed by atoms with van der Waals surface area (Å²) in [4.78, 5) is 13.1. The number of ether oxygens (including phenoxy) is 2. The first kappa shape index (κ1) is 22.9. The zero-order valence-corrected chi connectivity index (χ0v) is 19.7. The number of nitrogens with zero attached hydrogens (tertiary/aromatic N) is 1. The van der Waals surface area contributed by atoms with Gasteiger partial charge in [0.25, 0.3) is 0 Å². The van der Waals surface area contributed by atoms with Crippen LogP contribution < -0.4 is 4.74 Å². The van der Waals surface area contributed by atoms with Gasteiger partial charge in [-0.3, -0.25) is 4.90 Å². The maximum Gasteiger partial charge on any atom is 0.507 e. The molecular formula is C27H37NO4. The van der Waals surface area contributed by atoms with Crippen molar-refractivity contribution in [1.29, 1.82) is 0 Å². The standard InChI is InChI=1S/C27H37NO4/c1-27(2,3)22-10-13-23(14-11-22)31-24-12-9-20-16-19(7-8-21(20)17-24)18-28-15-5-4-6-25(28)32-26(29)30/h7-9,12,16-17,22-23,25H,4-6,10-11,13-15,18H2,1-3H3,(H,29,30). The van der Waals surface area contributed by atoms with Gasteiger partial charge >= 0.3 is 6.16 Å². The molecule has 0 radical (unpaired) electrons. The first-order valence-corrected chi connectivity index (χ1v) is 12.1. The summed E-state index contributed by atoms with van der Waals surface area (Å²) >= 11 is 0. The Labute approximate surface area is 191 Å². The van der Waals surface area contributed by atoms with Crippen molar-refractivity contribution < 1.29 is 19.4 Å². The monoisotopic (exact) mass is 439 g/mol. The highest BCUT2D eigenvalue weighted by Crippen LogP contribution is 2.39. The van der Waals surface area contributed by atoms with Crippen LogP contribution in [0.4, 0.5) is 4.79 Å². The largest absolute Gasteiger partial charge is 0.507 e. The minimum Gasteiger partial charge on any atom is -0.490 e. The van der Waals surface area contributed by atoms with Crippen LogP contribution in [0.15, 0.2) is 36.4 Å². The third-order valence-electron chi connectivity index (χ3n) is 7.25. The summed E-state index contributed by atoms with van der Waals surface area (Å²) in [5.74, 6) is 1.74. The first-order chi connectivity index (χ1) is 15.3. The molecule has 0 bridgehead atoms. The average Bonchev–Trinajstić information content (AvgIpc) is 2.75. The number of benzene rings is 2. The molecule has 1 N–H and O–H groups in total. The Hall–Kier alpha value is -2.27. The molecule has 1 saturated carbocycles. The second-order valence-electron chi connectivity index (χ2n) is 10.6. The lowest BCUT2D eigenvalue weighted by molar-refractivity contribution is -0.0590. The van der Waals surface area contributed by atoms with E-state index in [9.17, 15) is 4.79 Å². The van der Waals surface area contributed by atoms with E-state index in [2.05, 4.69) is 62.1 Å². The molecule has 5 heteroatoms. The number of likely N-dealkylation sites (tertiary alicyclic amines) is 1. The van der Waals surface area contributed by atoms with Gasteiger partial charge < -0.3 is 14.6 Å². The number of carbonyl (C=O) groups is 1. The first-order valence-electron chi connectivity index (χ1n) is 12.1. The van der Waals surface area contributed by atoms with Gasteiger partial charge in [0.05, 0.1) is 6.10 Å². The van der Waals surface area contributed by atoms with Crippen molar-refractivity contribution in [3.05, 3.63) is 42.0 Å². The van der Waals surface area contributed by atoms with E-state index in [1.54, 1.807) is 0 Å². The van der Waals surface area contributed by atoms with Gasteiger partial charge in [0.2, 0.25) is 0 Å². The van der Waals surface area contributed by atoms with Crippen LogP contribution >= 0.6 is 0 Å². The van der Waals surface area contributed by atoms with Gasteiger partial charge in [0.15, 0.2) is 6.23 Å². The molecular weight excluding hydrogens is 402 g/mol. The normalized spacial score (nSPS) is 24.9. The molecule has 2 fully saturated rings. The molecule has 32 heavy (non-hydrogen) atoms. The molecule has 1 aliphatic heterocycles. The van der Waals surface area contributed by atoms with Crippen LogP contribution in [-0.4, -0.2) is 35.0 Å². The lowest BCUT2D eigenvalue weighted by atomic mass is 9.72. The van der Waals surface area contributed by atoms with Crippen LogP contribution in [0.1, 0.15) is 71.3 Å².